The SMILES string of the molecule is CNC1=NCCCCC1.Cl. The lowest BCUT2D eigenvalue weighted by atomic mass is 10.2. The van der Waals surface area contributed by atoms with Gasteiger partial charge in [-0.25, -0.2) is 0 Å². The van der Waals surface area contributed by atoms with Gasteiger partial charge in [-0.2, -0.15) is 0 Å². The second-order valence-corrected chi connectivity index (χ2v) is 2.39. The molecule has 0 bridgehead atoms. The third-order valence-corrected chi connectivity index (χ3v) is 1.66. The highest BCUT2D eigenvalue weighted by Gasteiger charge is 1.99. The lowest BCUT2D eigenvalue weighted by Crippen LogP contribution is -2.17. The van der Waals surface area contributed by atoms with E-state index in [1.54, 1.807) is 0 Å². The molecule has 1 aliphatic heterocycles. The molecule has 60 valence electrons. The third kappa shape index (κ3) is 3.06. The number of amidine groups is 1. The fourth-order valence-corrected chi connectivity index (χ4v) is 1.08. The summed E-state index contributed by atoms with van der Waals surface area (Å²) in [6, 6.07) is 0. The van der Waals surface area contributed by atoms with Gasteiger partial charge in [-0.1, -0.05) is 6.42 Å². The molecule has 1 N–H and O–H groups in total. The fourth-order valence-electron chi connectivity index (χ4n) is 1.08. The summed E-state index contributed by atoms with van der Waals surface area (Å²) in [5.74, 6) is 1.19. The van der Waals surface area contributed by atoms with Crippen molar-refractivity contribution in [2.75, 3.05) is 13.6 Å². The van der Waals surface area contributed by atoms with Gasteiger partial charge in [0, 0.05) is 20.0 Å². The Morgan fingerprint density at radius 2 is 2.10 bits per heavy atom. The van der Waals surface area contributed by atoms with Crippen LogP contribution in [0.4, 0.5) is 0 Å². The van der Waals surface area contributed by atoms with E-state index >= 15 is 0 Å². The predicted octanol–water partition coefficient (Wildman–Crippen LogP) is 1.60. The smallest absolute Gasteiger partial charge is 0.0960 e. The summed E-state index contributed by atoms with van der Waals surface area (Å²) in [5.41, 5.74) is 0. The van der Waals surface area contributed by atoms with E-state index in [4.69, 9.17) is 0 Å². The molecule has 1 heterocycles. The highest BCUT2D eigenvalue weighted by atomic mass is 35.5. The molecule has 0 aromatic carbocycles. The van der Waals surface area contributed by atoms with Gasteiger partial charge in [-0.05, 0) is 12.8 Å². The Balaban J connectivity index is 0.000000810. The van der Waals surface area contributed by atoms with Crippen molar-refractivity contribution < 1.29 is 0 Å². The van der Waals surface area contributed by atoms with Gasteiger partial charge in [-0.15, -0.1) is 12.4 Å². The number of hydrogen-bond donors (Lipinski definition) is 1. The first kappa shape index (κ1) is 9.76. The normalized spacial score (nSPS) is 18.3. The van der Waals surface area contributed by atoms with Crippen molar-refractivity contribution in [3.05, 3.63) is 0 Å². The molecule has 0 aliphatic carbocycles. The molecule has 10 heavy (non-hydrogen) atoms. The largest absolute Gasteiger partial charge is 0.377 e. The van der Waals surface area contributed by atoms with E-state index in [2.05, 4.69) is 10.3 Å². The van der Waals surface area contributed by atoms with Gasteiger partial charge < -0.3 is 5.32 Å². The van der Waals surface area contributed by atoms with E-state index in [9.17, 15) is 0 Å². The Kier molecular flexibility index (Phi) is 5.40. The molecule has 1 aliphatic rings. The lowest BCUT2D eigenvalue weighted by molar-refractivity contribution is 0.730. The van der Waals surface area contributed by atoms with Crippen LogP contribution in [0.3, 0.4) is 0 Å². The van der Waals surface area contributed by atoms with Gasteiger partial charge in [0.2, 0.25) is 0 Å². The number of aliphatic imine (C=N–C) groups is 1. The van der Waals surface area contributed by atoms with E-state index in [1.807, 2.05) is 7.05 Å². The van der Waals surface area contributed by atoms with Crippen molar-refractivity contribution in [1.82, 2.24) is 5.32 Å². The minimum atomic E-state index is 0. The van der Waals surface area contributed by atoms with Crippen molar-refractivity contribution >= 4 is 18.2 Å². The first-order valence-corrected chi connectivity index (χ1v) is 3.64. The molecule has 0 saturated carbocycles. The van der Waals surface area contributed by atoms with Gasteiger partial charge in [0.05, 0.1) is 5.84 Å². The summed E-state index contributed by atoms with van der Waals surface area (Å²) in [7, 11) is 1.95. The molecule has 2 nitrogen and oxygen atoms in total. The molecule has 0 radical (unpaired) electrons. The number of nitrogens with zero attached hydrogens (tertiary/aromatic N) is 1. The van der Waals surface area contributed by atoms with Crippen molar-refractivity contribution in [3.8, 4) is 0 Å². The third-order valence-electron chi connectivity index (χ3n) is 1.66. The molecule has 0 aromatic heterocycles. The van der Waals surface area contributed by atoms with Gasteiger partial charge in [0.15, 0.2) is 0 Å². The van der Waals surface area contributed by atoms with Crippen LogP contribution in [0.5, 0.6) is 0 Å². The highest BCUT2D eigenvalue weighted by Crippen LogP contribution is 2.05. The van der Waals surface area contributed by atoms with E-state index < -0.39 is 0 Å². The van der Waals surface area contributed by atoms with Gasteiger partial charge in [0.1, 0.15) is 0 Å². The number of hydrogen-bond acceptors (Lipinski definition) is 2. The zero-order valence-corrected chi connectivity index (χ0v) is 7.21. The van der Waals surface area contributed by atoms with Crippen molar-refractivity contribution in [3.63, 3.8) is 0 Å². The van der Waals surface area contributed by atoms with E-state index in [-0.39, 0.29) is 12.4 Å². The second kappa shape index (κ2) is 5.54. The topological polar surface area (TPSA) is 24.4 Å². The Bertz CT molecular complexity index is 112. The molecule has 0 unspecified atom stereocenters. The number of nitrogens with one attached hydrogen (secondary N) is 1. The molecular weight excluding hydrogens is 148 g/mol. The summed E-state index contributed by atoms with van der Waals surface area (Å²) in [6.45, 7) is 1.02. The van der Waals surface area contributed by atoms with Gasteiger partial charge >= 0.3 is 0 Å². The maximum absolute atomic E-state index is 4.35. The van der Waals surface area contributed by atoms with Crippen LogP contribution in [0, 0.1) is 0 Å². The van der Waals surface area contributed by atoms with Crippen LogP contribution >= 0.6 is 12.4 Å². The summed E-state index contributed by atoms with van der Waals surface area (Å²) >= 11 is 0. The summed E-state index contributed by atoms with van der Waals surface area (Å²) < 4.78 is 0. The lowest BCUT2D eigenvalue weighted by Gasteiger charge is -1.99. The van der Waals surface area contributed by atoms with Crippen molar-refractivity contribution in [2.45, 2.75) is 25.7 Å². The number of rotatable bonds is 0. The zero-order chi connectivity index (χ0) is 6.53. The van der Waals surface area contributed by atoms with Crippen LogP contribution in [0.15, 0.2) is 4.99 Å². The molecule has 0 aromatic rings. The molecule has 3 heteroatoms. The highest BCUT2D eigenvalue weighted by molar-refractivity contribution is 5.85. The average Bonchev–Trinajstić information content (AvgIpc) is 2.13. The van der Waals surface area contributed by atoms with Crippen molar-refractivity contribution in [2.24, 2.45) is 4.99 Å². The van der Waals surface area contributed by atoms with Crippen LogP contribution in [0.25, 0.3) is 0 Å². The standard InChI is InChI=1S/C7H14N2.ClH/c1-8-7-5-3-2-4-6-9-7;/h2-6H2,1H3,(H,8,9);1H. The second-order valence-electron chi connectivity index (χ2n) is 2.39. The van der Waals surface area contributed by atoms with E-state index in [0.29, 0.717) is 0 Å². The first-order chi connectivity index (χ1) is 4.43. The number of halogens is 1. The molecule has 0 atom stereocenters. The average molecular weight is 163 g/mol. The Labute approximate surface area is 68.5 Å². The quantitative estimate of drug-likeness (QED) is 0.575. The fraction of sp³-hybridized carbons (Fsp3) is 0.857. The molecule has 0 saturated heterocycles. The van der Waals surface area contributed by atoms with Crippen LogP contribution in [0.1, 0.15) is 25.7 Å². The molecular formula is C7H15ClN2. The van der Waals surface area contributed by atoms with Gasteiger partial charge in [-0.3, -0.25) is 4.99 Å². The van der Waals surface area contributed by atoms with Crippen LogP contribution < -0.4 is 5.32 Å². The Morgan fingerprint density at radius 3 is 2.80 bits per heavy atom. The van der Waals surface area contributed by atoms with Gasteiger partial charge in [0.25, 0.3) is 0 Å². The summed E-state index contributed by atoms with van der Waals surface area (Å²) in [5, 5.41) is 3.09. The maximum Gasteiger partial charge on any atom is 0.0960 e. The first-order valence-electron chi connectivity index (χ1n) is 3.64. The molecule has 0 spiro atoms. The molecule has 1 rings (SSSR count). The van der Waals surface area contributed by atoms with Crippen molar-refractivity contribution in [1.29, 1.82) is 0 Å². The minimum absolute atomic E-state index is 0. The molecule has 0 amide bonds. The molecule has 0 fully saturated rings. The van der Waals surface area contributed by atoms with E-state index in [1.165, 1.54) is 25.1 Å². The van der Waals surface area contributed by atoms with Crippen LogP contribution in [-0.2, 0) is 0 Å². The maximum atomic E-state index is 4.35. The summed E-state index contributed by atoms with van der Waals surface area (Å²) in [6.07, 6.45) is 5.07. The Hall–Kier alpha value is -0.240. The summed E-state index contributed by atoms with van der Waals surface area (Å²) in [4.78, 5) is 4.35. The monoisotopic (exact) mass is 162 g/mol. The zero-order valence-electron chi connectivity index (χ0n) is 6.39. The van der Waals surface area contributed by atoms with Crippen LogP contribution in [0.2, 0.25) is 0 Å². The minimum Gasteiger partial charge on any atom is -0.377 e. The van der Waals surface area contributed by atoms with E-state index in [0.717, 1.165) is 13.0 Å². The Morgan fingerprint density at radius 1 is 1.30 bits per heavy atom. The van der Waals surface area contributed by atoms with Crippen LogP contribution in [-0.4, -0.2) is 19.4 Å². The predicted molar refractivity (Wildman–Crippen MR) is 47.1 cm³/mol.